The highest BCUT2D eigenvalue weighted by Gasteiger charge is 2.14. The molecule has 0 fully saturated rings. The molecule has 0 unspecified atom stereocenters. The van der Waals surface area contributed by atoms with Crippen LogP contribution in [0.5, 0.6) is 11.5 Å². The first-order chi connectivity index (χ1) is 11.7. The molecule has 24 heavy (non-hydrogen) atoms. The molecule has 0 N–H and O–H groups in total. The third-order valence-corrected chi connectivity index (χ3v) is 4.80. The van der Waals surface area contributed by atoms with Crippen LogP contribution in [0.15, 0.2) is 52.1 Å². The second kappa shape index (κ2) is 7.67. The minimum Gasteiger partial charge on any atom is -0.497 e. The Bertz CT molecular complexity index is 840. The number of aromatic nitrogens is 4. The van der Waals surface area contributed by atoms with Gasteiger partial charge in [0.1, 0.15) is 17.2 Å². The van der Waals surface area contributed by atoms with Crippen molar-refractivity contribution >= 4 is 27.7 Å². The highest BCUT2D eigenvalue weighted by molar-refractivity contribution is 9.10. The highest BCUT2D eigenvalue weighted by atomic mass is 79.9. The van der Waals surface area contributed by atoms with Crippen molar-refractivity contribution < 1.29 is 9.47 Å². The first-order valence-electron chi connectivity index (χ1n) is 7.09. The summed E-state index contributed by atoms with van der Waals surface area (Å²) in [6.07, 6.45) is 0. The highest BCUT2D eigenvalue weighted by Crippen LogP contribution is 2.30. The van der Waals surface area contributed by atoms with Crippen LogP contribution in [0.4, 0.5) is 0 Å². The summed E-state index contributed by atoms with van der Waals surface area (Å²) in [5, 5.41) is 12.7. The van der Waals surface area contributed by atoms with Crippen LogP contribution in [0.2, 0.25) is 0 Å². The molecule has 0 saturated carbocycles. The number of thioether (sulfide) groups is 1. The van der Waals surface area contributed by atoms with E-state index in [9.17, 15) is 0 Å². The molecule has 0 bridgehead atoms. The quantitative estimate of drug-likeness (QED) is 0.581. The molecule has 1 aromatic heterocycles. The molecule has 2 aromatic carbocycles. The second-order valence-electron chi connectivity index (χ2n) is 4.83. The van der Waals surface area contributed by atoms with Crippen molar-refractivity contribution in [2.45, 2.75) is 10.9 Å². The van der Waals surface area contributed by atoms with Crippen molar-refractivity contribution in [1.82, 2.24) is 20.2 Å². The molecule has 3 rings (SSSR count). The maximum Gasteiger partial charge on any atom is 0.214 e. The Hall–Kier alpha value is -2.06. The molecule has 0 aliphatic rings. The van der Waals surface area contributed by atoms with Gasteiger partial charge < -0.3 is 9.47 Å². The van der Waals surface area contributed by atoms with Crippen LogP contribution >= 0.6 is 27.7 Å². The normalized spacial score (nSPS) is 10.6. The molecule has 0 spiro atoms. The standard InChI is InChI=1S/C16H15BrN4O2S/c1-22-13-6-7-15(23-2)14(9-13)21-16(18-19-20-21)24-10-11-4-3-5-12(17)8-11/h3-9H,10H2,1-2H3. The van der Waals surface area contributed by atoms with Gasteiger partial charge in [0, 0.05) is 16.3 Å². The summed E-state index contributed by atoms with van der Waals surface area (Å²) < 4.78 is 13.4. The minimum atomic E-state index is 0.674. The van der Waals surface area contributed by atoms with E-state index in [2.05, 4.69) is 43.6 Å². The Morgan fingerprint density at radius 1 is 1.12 bits per heavy atom. The average molecular weight is 407 g/mol. The largest absolute Gasteiger partial charge is 0.497 e. The summed E-state index contributed by atoms with van der Waals surface area (Å²) in [6.45, 7) is 0. The molecule has 8 heteroatoms. The van der Waals surface area contributed by atoms with Gasteiger partial charge in [0.2, 0.25) is 5.16 Å². The predicted octanol–water partition coefficient (Wildman–Crippen LogP) is 3.73. The van der Waals surface area contributed by atoms with E-state index in [1.54, 1.807) is 30.7 Å². The van der Waals surface area contributed by atoms with E-state index in [4.69, 9.17) is 9.47 Å². The smallest absolute Gasteiger partial charge is 0.214 e. The number of tetrazole rings is 1. The fourth-order valence-electron chi connectivity index (χ4n) is 2.16. The molecular formula is C16H15BrN4O2S. The molecule has 3 aromatic rings. The van der Waals surface area contributed by atoms with E-state index >= 15 is 0 Å². The molecule has 0 aliphatic heterocycles. The lowest BCUT2D eigenvalue weighted by Gasteiger charge is -2.11. The van der Waals surface area contributed by atoms with Crippen LogP contribution in [0.3, 0.4) is 0 Å². The van der Waals surface area contributed by atoms with E-state index in [-0.39, 0.29) is 0 Å². The minimum absolute atomic E-state index is 0.674. The van der Waals surface area contributed by atoms with E-state index in [1.807, 2.05) is 30.3 Å². The van der Waals surface area contributed by atoms with Gasteiger partial charge in [0.15, 0.2) is 0 Å². The summed E-state index contributed by atoms with van der Waals surface area (Å²) in [5.41, 5.74) is 1.92. The zero-order valence-electron chi connectivity index (χ0n) is 13.1. The number of benzene rings is 2. The molecule has 0 atom stereocenters. The predicted molar refractivity (Wildman–Crippen MR) is 96.0 cm³/mol. The summed E-state index contributed by atoms with van der Waals surface area (Å²) in [4.78, 5) is 0. The van der Waals surface area contributed by atoms with Gasteiger partial charge in [0.25, 0.3) is 0 Å². The van der Waals surface area contributed by atoms with E-state index < -0.39 is 0 Å². The summed E-state index contributed by atoms with van der Waals surface area (Å²) in [5.74, 6) is 2.14. The van der Waals surface area contributed by atoms with E-state index in [0.29, 0.717) is 16.7 Å². The zero-order chi connectivity index (χ0) is 16.9. The molecule has 6 nitrogen and oxygen atoms in total. The van der Waals surface area contributed by atoms with Crippen LogP contribution in [0.25, 0.3) is 5.69 Å². The second-order valence-corrected chi connectivity index (χ2v) is 6.69. The Morgan fingerprint density at radius 2 is 2.00 bits per heavy atom. The first kappa shape index (κ1) is 16.8. The maximum absolute atomic E-state index is 5.41. The van der Waals surface area contributed by atoms with Gasteiger partial charge in [-0.1, -0.05) is 39.8 Å². The zero-order valence-corrected chi connectivity index (χ0v) is 15.5. The van der Waals surface area contributed by atoms with Crippen molar-refractivity contribution in [3.63, 3.8) is 0 Å². The number of halogens is 1. The van der Waals surface area contributed by atoms with Gasteiger partial charge in [-0.15, -0.1) is 5.10 Å². The monoisotopic (exact) mass is 406 g/mol. The average Bonchev–Trinajstić information content (AvgIpc) is 3.08. The fourth-order valence-corrected chi connectivity index (χ4v) is 3.43. The molecule has 0 saturated heterocycles. The van der Waals surface area contributed by atoms with Gasteiger partial charge in [-0.05, 0) is 40.3 Å². The first-order valence-corrected chi connectivity index (χ1v) is 8.87. The maximum atomic E-state index is 5.41. The molecular weight excluding hydrogens is 392 g/mol. The van der Waals surface area contributed by atoms with Crippen molar-refractivity contribution in [2.24, 2.45) is 0 Å². The third-order valence-electron chi connectivity index (χ3n) is 3.31. The Kier molecular flexibility index (Phi) is 5.37. The van der Waals surface area contributed by atoms with Crippen LogP contribution in [0, 0.1) is 0 Å². The number of methoxy groups -OCH3 is 2. The molecule has 124 valence electrons. The van der Waals surface area contributed by atoms with Crippen molar-refractivity contribution in [3.8, 4) is 17.2 Å². The van der Waals surface area contributed by atoms with Crippen LogP contribution < -0.4 is 9.47 Å². The molecule has 0 aliphatic carbocycles. The van der Waals surface area contributed by atoms with Gasteiger partial charge in [-0.25, -0.2) is 0 Å². The van der Waals surface area contributed by atoms with Crippen molar-refractivity contribution in [3.05, 3.63) is 52.5 Å². The summed E-state index contributed by atoms with van der Waals surface area (Å²) >= 11 is 5.03. The number of ether oxygens (including phenoxy) is 2. The Balaban J connectivity index is 1.88. The topological polar surface area (TPSA) is 62.1 Å². The summed E-state index contributed by atoms with van der Waals surface area (Å²) in [6, 6.07) is 13.7. The lowest BCUT2D eigenvalue weighted by molar-refractivity contribution is 0.399. The lowest BCUT2D eigenvalue weighted by Crippen LogP contribution is -2.02. The number of nitrogens with zero attached hydrogens (tertiary/aromatic N) is 4. The number of hydrogen-bond donors (Lipinski definition) is 0. The lowest BCUT2D eigenvalue weighted by atomic mass is 10.2. The molecule has 0 amide bonds. The Morgan fingerprint density at radius 3 is 2.75 bits per heavy atom. The third kappa shape index (κ3) is 3.70. The van der Waals surface area contributed by atoms with Gasteiger partial charge in [0.05, 0.1) is 14.2 Å². The number of hydrogen-bond acceptors (Lipinski definition) is 6. The summed E-state index contributed by atoms with van der Waals surface area (Å²) in [7, 11) is 3.23. The number of rotatable bonds is 6. The van der Waals surface area contributed by atoms with E-state index in [1.165, 1.54) is 5.56 Å². The van der Waals surface area contributed by atoms with Gasteiger partial charge in [-0.3, -0.25) is 0 Å². The van der Waals surface area contributed by atoms with Gasteiger partial charge >= 0.3 is 0 Å². The van der Waals surface area contributed by atoms with Gasteiger partial charge in [-0.2, -0.15) is 4.68 Å². The van der Waals surface area contributed by atoms with Crippen molar-refractivity contribution in [2.75, 3.05) is 14.2 Å². The van der Waals surface area contributed by atoms with Crippen LogP contribution in [-0.2, 0) is 5.75 Å². The van der Waals surface area contributed by atoms with E-state index in [0.717, 1.165) is 15.9 Å². The van der Waals surface area contributed by atoms with Crippen LogP contribution in [0.1, 0.15) is 5.56 Å². The van der Waals surface area contributed by atoms with Crippen molar-refractivity contribution in [1.29, 1.82) is 0 Å². The SMILES string of the molecule is COc1ccc(OC)c(-n2nnnc2SCc2cccc(Br)c2)c1. The Labute approximate surface area is 152 Å². The molecule has 0 radical (unpaired) electrons. The molecule has 1 heterocycles. The van der Waals surface area contributed by atoms with Crippen LogP contribution in [-0.4, -0.2) is 34.4 Å². The fraction of sp³-hybridized carbons (Fsp3) is 0.188.